The molecule has 0 amide bonds. The number of rotatable bonds is 3. The molecule has 0 N–H and O–H groups in total. The van der Waals surface area contributed by atoms with E-state index in [1.807, 2.05) is 83.1 Å². The highest BCUT2D eigenvalue weighted by atomic mass is 31.2. The maximum atomic E-state index is 3.88. The Kier molecular flexibility index (Phi) is 43.1. The summed E-state index contributed by atoms with van der Waals surface area (Å²) in [6, 6.07) is 53.0. The summed E-state index contributed by atoms with van der Waals surface area (Å²) in [5.74, 6) is 0. The molecule has 464 valence electrons. The summed E-state index contributed by atoms with van der Waals surface area (Å²) in [5.41, 5.74) is 7.32. The number of hydrogen-bond donors (Lipinski definition) is 0. The third kappa shape index (κ3) is 35.7. The Balaban J connectivity index is -0.000000597. The van der Waals surface area contributed by atoms with Crippen molar-refractivity contribution in [2.75, 3.05) is 120 Å². The molecule has 9 heteroatoms. The first-order chi connectivity index (χ1) is 37.9. The Labute approximate surface area is 510 Å². The van der Waals surface area contributed by atoms with Gasteiger partial charge in [0.05, 0.1) is 33.1 Å². The van der Waals surface area contributed by atoms with Gasteiger partial charge in [0, 0.05) is 32.3 Å². The molecule has 3 nitrogen and oxygen atoms in total. The molecule has 0 atom stereocenters. The smallest absolute Gasteiger partial charge is 0.194 e. The molecule has 0 aliphatic heterocycles. The first kappa shape index (κ1) is 85.0. The maximum absolute atomic E-state index is 3.88. The Morgan fingerprint density at radius 3 is 0.390 bits per heavy atom. The second-order valence-corrected chi connectivity index (χ2v) is 51.8. The zero-order valence-corrected chi connectivity index (χ0v) is 64.1. The Morgan fingerprint density at radius 1 is 0.207 bits per heavy atom. The fraction of sp³-hybridized carbons (Fsp3) is 0.425. The van der Waals surface area contributed by atoms with Gasteiger partial charge in [-0.05, 0) is 156 Å². The molecule has 0 spiro atoms. The zero-order chi connectivity index (χ0) is 65.2. The molecule has 3 aromatic heterocycles. The molecule has 0 unspecified atom stereocenters. The second-order valence-electron chi connectivity index (χ2n) is 24.3. The van der Waals surface area contributed by atoms with E-state index in [4.69, 9.17) is 0 Å². The lowest BCUT2D eigenvalue weighted by atomic mass is 10.2. The average molecular weight is 1230 g/mol. The van der Waals surface area contributed by atoms with E-state index in [0.717, 1.165) is 0 Å². The molecule has 82 heavy (non-hydrogen) atoms. The van der Waals surface area contributed by atoms with E-state index in [1.165, 1.54) is 65.4 Å². The Morgan fingerprint density at radius 2 is 0.293 bits per heavy atom. The minimum absolute atomic E-state index is 0.195. The van der Waals surface area contributed by atoms with Gasteiger partial charge < -0.3 is 13.7 Å². The molecular weight excluding hydrogens is 1100 g/mol. The van der Waals surface area contributed by atoms with Crippen LogP contribution in [0.25, 0.3) is 65.4 Å². The monoisotopic (exact) mass is 1230 g/mol. The van der Waals surface area contributed by atoms with E-state index in [1.54, 1.807) is 0 Å². The third-order valence-corrected chi connectivity index (χ3v) is 8.54. The van der Waals surface area contributed by atoms with Crippen molar-refractivity contribution in [3.63, 3.8) is 0 Å². The summed E-state index contributed by atoms with van der Waals surface area (Å²) < 4.78 is 7.63. The molecule has 0 fully saturated rings. The topological polar surface area (TPSA) is 14.8 Å². The highest BCUT2D eigenvalue weighted by molar-refractivity contribution is 7.73. The highest BCUT2D eigenvalue weighted by Gasteiger charge is 2.28. The van der Waals surface area contributed by atoms with Gasteiger partial charge in [0.25, 0.3) is 0 Å². The summed E-state index contributed by atoms with van der Waals surface area (Å²) in [7, 11) is 0. The lowest BCUT2D eigenvalue weighted by Crippen LogP contribution is -2.25. The third-order valence-electron chi connectivity index (χ3n) is 8.54. The van der Waals surface area contributed by atoms with Crippen LogP contribution in [0.5, 0.6) is 0 Å². The molecule has 0 saturated heterocycles. The summed E-state index contributed by atoms with van der Waals surface area (Å²) >= 11 is 0. The molecule has 0 aliphatic carbocycles. The molecule has 9 rings (SSSR count). The van der Waals surface area contributed by atoms with Crippen LogP contribution in [0.2, 0.25) is 0 Å². The largest absolute Gasteiger partial charge is 0.301 e. The fourth-order valence-electron chi connectivity index (χ4n) is 6.95. The van der Waals surface area contributed by atoms with Gasteiger partial charge in [-0.3, -0.25) is 0 Å². The minimum Gasteiger partial charge on any atom is -0.301 e. The van der Waals surface area contributed by atoms with Gasteiger partial charge in [0.15, 0.2) is 6.29 Å². The lowest BCUT2D eigenvalue weighted by molar-refractivity contribution is 0.431. The van der Waals surface area contributed by atoms with Gasteiger partial charge in [-0.15, -0.1) is 79.1 Å². The number of nitrogens with zero attached hydrogens (tertiary/aromatic N) is 3. The van der Waals surface area contributed by atoms with Gasteiger partial charge in [0.1, 0.15) is 0 Å². The van der Waals surface area contributed by atoms with Crippen molar-refractivity contribution in [2.45, 2.75) is 89.4 Å². The van der Waals surface area contributed by atoms with Crippen LogP contribution in [-0.4, -0.2) is 171 Å². The van der Waals surface area contributed by atoms with E-state index in [0.29, 0.717) is 0 Å². The minimum atomic E-state index is -0.639. The van der Waals surface area contributed by atoms with Gasteiger partial charge in [0.2, 0.25) is 0 Å². The van der Waals surface area contributed by atoms with E-state index < -0.39 is 41.3 Å². The van der Waals surface area contributed by atoms with Crippen LogP contribution < -0.4 is 0 Å². The van der Waals surface area contributed by atoms with E-state index in [2.05, 4.69) is 317 Å². The molecule has 0 radical (unpaired) electrons. The molecule has 0 aliphatic rings. The van der Waals surface area contributed by atoms with Gasteiger partial charge >= 0.3 is 0 Å². The number of para-hydroxylation sites is 6. The van der Waals surface area contributed by atoms with Gasteiger partial charge in [-0.1, -0.05) is 192 Å². The van der Waals surface area contributed by atoms with Crippen LogP contribution in [0.4, 0.5) is 0 Å². The Bertz CT molecular complexity index is 2820. The van der Waals surface area contributed by atoms with Crippen LogP contribution in [0.1, 0.15) is 89.4 Å². The molecular formula is C73H127N3P6. The number of fused-ring (bicyclic) bond motifs is 9. The lowest BCUT2D eigenvalue weighted by Gasteiger charge is -2.28. The van der Waals surface area contributed by atoms with Crippen LogP contribution in [0, 0.1) is 0 Å². The zero-order valence-electron chi connectivity index (χ0n) is 58.7. The summed E-state index contributed by atoms with van der Waals surface area (Å²) in [4.78, 5) is 0. The first-order valence-corrected chi connectivity index (χ1v) is 49.7. The van der Waals surface area contributed by atoms with Gasteiger partial charge in [-0.25, -0.2) is 0 Å². The molecule has 3 heterocycles. The molecule has 9 aromatic rings. The summed E-state index contributed by atoms with van der Waals surface area (Å²) in [6.07, 6.45) is 23.1. The quantitative estimate of drug-likeness (QED) is 0.157. The first-order valence-electron chi connectivity index (χ1n) is 29.8. The predicted molar refractivity (Wildman–Crippen MR) is 427 cm³/mol. The van der Waals surface area contributed by atoms with Crippen LogP contribution in [0.3, 0.4) is 0 Å². The summed E-state index contributed by atoms with van der Waals surface area (Å²) in [5, 5.41) is 7.61. The van der Waals surface area contributed by atoms with E-state index in [9.17, 15) is 0 Å². The van der Waals surface area contributed by atoms with Crippen molar-refractivity contribution >= 4 is 145 Å². The SMILES string of the molecule is C=P(C)(C)C.C=P(C)(C)C.C=P(C)(C)C.C=P(C)(C)C.C=P(C)(C)C.C=P(C)(C)C.CC.CC.CC.CC.CC.CC.c1ccc2c(c1)c1ccccc1n2C(n1c2ccccc2c2ccccc21)n1c2ccccc2c2ccccc21. The number of benzene rings is 6. The standard InChI is InChI=1S/C37H25N3.6C4H11P.6C2H6/c1-7-19-31-25(13-1)26-14-2-8-20-32(26)38(31)37(39-33-21-9-3-15-27(33)28-16-4-10-22-34(28)39)40-35-23-11-5-17-29(35)30-18-6-12-24-36(30)40;6*1-5(2,3)4;6*1-2/h1-24,37H;6*1H2,2-4H3;6*1-2H3. The van der Waals surface area contributed by atoms with Gasteiger partial charge in [-0.2, -0.15) is 0 Å². The predicted octanol–water partition coefficient (Wildman–Crippen LogP) is 23.7. The Hall–Kier alpha value is -3.48. The molecule has 6 aromatic carbocycles. The van der Waals surface area contributed by atoms with Crippen molar-refractivity contribution in [1.82, 2.24) is 13.7 Å². The maximum Gasteiger partial charge on any atom is 0.194 e. The van der Waals surface area contributed by atoms with Crippen molar-refractivity contribution in [2.24, 2.45) is 0 Å². The van der Waals surface area contributed by atoms with Crippen LogP contribution in [0.15, 0.2) is 146 Å². The summed E-state index contributed by atoms with van der Waals surface area (Å²) in [6.45, 7) is 59.5. The number of hydrogen-bond acceptors (Lipinski definition) is 0. The highest BCUT2D eigenvalue weighted by Crippen LogP contribution is 2.42. The van der Waals surface area contributed by atoms with Crippen molar-refractivity contribution < 1.29 is 0 Å². The van der Waals surface area contributed by atoms with Crippen molar-refractivity contribution in [1.29, 1.82) is 0 Å². The molecule has 0 bridgehead atoms. The second kappa shape index (κ2) is 41.5. The molecule has 0 saturated carbocycles. The van der Waals surface area contributed by atoms with Crippen molar-refractivity contribution in [3.05, 3.63) is 146 Å². The van der Waals surface area contributed by atoms with E-state index in [-0.39, 0.29) is 6.29 Å². The number of aromatic nitrogens is 3. The van der Waals surface area contributed by atoms with Crippen molar-refractivity contribution in [3.8, 4) is 0 Å². The van der Waals surface area contributed by atoms with E-state index >= 15 is 0 Å². The average Bonchev–Trinajstić information content (AvgIpc) is 4.02. The normalized spacial score (nSPS) is 10.7. The fourth-order valence-corrected chi connectivity index (χ4v) is 6.95. The van der Waals surface area contributed by atoms with Crippen LogP contribution in [-0.2, 0) is 0 Å². The van der Waals surface area contributed by atoms with Crippen LogP contribution >= 0.6 is 41.3 Å².